The molecule has 1 saturated heterocycles. The smallest absolute Gasteiger partial charge is 0.411 e. The standard InChI is InChI=1S/C14H21NO5/c1-8(2)6-9-10(16)7-15(11(9)12(17)18)13(19)20-14(3,4)5/h6,8,11H,7H2,1-5H3,(H,17,18)/b9-6-/t11-/m0/s1. The summed E-state index contributed by atoms with van der Waals surface area (Å²) in [7, 11) is 0. The van der Waals surface area contributed by atoms with E-state index in [1.165, 1.54) is 0 Å². The maximum absolute atomic E-state index is 12.0. The van der Waals surface area contributed by atoms with E-state index in [0.717, 1.165) is 4.90 Å². The summed E-state index contributed by atoms with van der Waals surface area (Å²) in [6.07, 6.45) is 0.802. The topological polar surface area (TPSA) is 83.9 Å². The Morgan fingerprint density at radius 3 is 2.35 bits per heavy atom. The van der Waals surface area contributed by atoms with Crippen LogP contribution in [0.15, 0.2) is 11.6 Å². The molecule has 6 heteroatoms. The van der Waals surface area contributed by atoms with Crippen molar-refractivity contribution in [2.45, 2.75) is 46.3 Å². The molecule has 1 amide bonds. The van der Waals surface area contributed by atoms with Gasteiger partial charge in [0.15, 0.2) is 11.8 Å². The molecule has 0 spiro atoms. The zero-order valence-corrected chi connectivity index (χ0v) is 12.5. The number of carboxylic acids is 1. The Balaban J connectivity index is 3.07. The number of carbonyl (C=O) groups excluding carboxylic acids is 2. The summed E-state index contributed by atoms with van der Waals surface area (Å²) in [5, 5.41) is 9.29. The molecule has 1 atom stereocenters. The van der Waals surface area contributed by atoms with E-state index >= 15 is 0 Å². The van der Waals surface area contributed by atoms with E-state index in [1.54, 1.807) is 26.8 Å². The van der Waals surface area contributed by atoms with Crippen LogP contribution >= 0.6 is 0 Å². The Labute approximate surface area is 118 Å². The van der Waals surface area contributed by atoms with Gasteiger partial charge in [0.2, 0.25) is 0 Å². The molecule has 1 rings (SSSR count). The van der Waals surface area contributed by atoms with Crippen molar-refractivity contribution in [3.8, 4) is 0 Å². The molecule has 0 radical (unpaired) electrons. The second-order valence-electron chi connectivity index (χ2n) is 6.14. The highest BCUT2D eigenvalue weighted by molar-refractivity contribution is 6.08. The number of carboxylic acid groups (broad SMARTS) is 1. The van der Waals surface area contributed by atoms with Crippen molar-refractivity contribution >= 4 is 17.8 Å². The van der Waals surface area contributed by atoms with E-state index in [4.69, 9.17) is 4.74 Å². The van der Waals surface area contributed by atoms with Crippen molar-refractivity contribution in [2.24, 2.45) is 5.92 Å². The van der Waals surface area contributed by atoms with Crippen molar-refractivity contribution in [3.63, 3.8) is 0 Å². The molecule has 0 aromatic rings. The lowest BCUT2D eigenvalue weighted by Gasteiger charge is -2.26. The van der Waals surface area contributed by atoms with Gasteiger partial charge in [-0.15, -0.1) is 0 Å². The summed E-state index contributed by atoms with van der Waals surface area (Å²) >= 11 is 0. The maximum atomic E-state index is 12.0. The van der Waals surface area contributed by atoms with Crippen LogP contribution in [-0.2, 0) is 14.3 Å². The number of rotatable bonds is 2. The molecule has 0 aliphatic carbocycles. The molecule has 0 saturated carbocycles. The predicted octanol–water partition coefficient (Wildman–Crippen LogP) is 1.84. The van der Waals surface area contributed by atoms with Gasteiger partial charge in [0.25, 0.3) is 0 Å². The average Bonchev–Trinajstić information content (AvgIpc) is 2.53. The van der Waals surface area contributed by atoms with Crippen molar-refractivity contribution in [1.82, 2.24) is 4.90 Å². The Hall–Kier alpha value is -1.85. The van der Waals surface area contributed by atoms with Crippen LogP contribution in [0.25, 0.3) is 0 Å². The fourth-order valence-corrected chi connectivity index (χ4v) is 1.96. The number of Topliss-reactive ketones (excluding diaryl/α,β-unsaturated/α-hetero) is 1. The minimum absolute atomic E-state index is 0.0226. The van der Waals surface area contributed by atoms with Crippen molar-refractivity contribution in [2.75, 3.05) is 6.54 Å². The van der Waals surface area contributed by atoms with E-state index in [9.17, 15) is 19.5 Å². The van der Waals surface area contributed by atoms with E-state index in [0.29, 0.717) is 0 Å². The fourth-order valence-electron chi connectivity index (χ4n) is 1.96. The normalized spacial score (nSPS) is 21.7. The molecule has 20 heavy (non-hydrogen) atoms. The number of carbonyl (C=O) groups is 3. The quantitative estimate of drug-likeness (QED) is 0.782. The molecule has 0 aromatic carbocycles. The first kappa shape index (κ1) is 16.2. The molecule has 1 aliphatic rings. The number of allylic oxidation sites excluding steroid dienone is 1. The van der Waals surface area contributed by atoms with Crippen LogP contribution in [0.1, 0.15) is 34.6 Å². The SMILES string of the molecule is CC(C)/C=C1/C(=O)CN(C(=O)OC(C)(C)C)[C@@H]1C(=O)O. The van der Waals surface area contributed by atoms with Crippen LogP contribution in [0.4, 0.5) is 4.79 Å². The Morgan fingerprint density at radius 1 is 1.40 bits per heavy atom. The molecule has 1 aliphatic heterocycles. The van der Waals surface area contributed by atoms with Crippen LogP contribution in [-0.4, -0.2) is 46.0 Å². The zero-order chi connectivity index (χ0) is 15.7. The highest BCUT2D eigenvalue weighted by Gasteiger charge is 2.44. The molecular formula is C14H21NO5. The molecule has 112 valence electrons. The van der Waals surface area contributed by atoms with Gasteiger partial charge in [0.05, 0.1) is 6.54 Å². The van der Waals surface area contributed by atoms with Gasteiger partial charge in [-0.3, -0.25) is 9.69 Å². The van der Waals surface area contributed by atoms with Crippen molar-refractivity contribution in [1.29, 1.82) is 0 Å². The summed E-state index contributed by atoms with van der Waals surface area (Å²) in [5.74, 6) is -1.56. The minimum Gasteiger partial charge on any atom is -0.479 e. The van der Waals surface area contributed by atoms with Crippen LogP contribution in [0.3, 0.4) is 0 Å². The maximum Gasteiger partial charge on any atom is 0.411 e. The van der Waals surface area contributed by atoms with Gasteiger partial charge in [-0.05, 0) is 26.7 Å². The summed E-state index contributed by atoms with van der Waals surface area (Å²) in [6, 6.07) is -1.26. The number of hydrogen-bond donors (Lipinski definition) is 1. The van der Waals surface area contributed by atoms with E-state index < -0.39 is 23.7 Å². The number of ether oxygens (including phenoxy) is 1. The fraction of sp³-hybridized carbons (Fsp3) is 0.643. The van der Waals surface area contributed by atoms with Gasteiger partial charge in [-0.2, -0.15) is 0 Å². The number of aliphatic carboxylic acids is 1. The molecule has 0 aromatic heterocycles. The van der Waals surface area contributed by atoms with Crippen molar-refractivity contribution < 1.29 is 24.2 Å². The molecule has 0 unspecified atom stereocenters. The van der Waals surface area contributed by atoms with E-state index in [-0.39, 0.29) is 23.8 Å². The van der Waals surface area contributed by atoms with Gasteiger partial charge in [-0.1, -0.05) is 19.9 Å². The Morgan fingerprint density at radius 2 is 1.95 bits per heavy atom. The number of amides is 1. The molecule has 1 N–H and O–H groups in total. The minimum atomic E-state index is -1.26. The lowest BCUT2D eigenvalue weighted by Crippen LogP contribution is -2.44. The summed E-state index contributed by atoms with van der Waals surface area (Å²) < 4.78 is 5.15. The largest absolute Gasteiger partial charge is 0.479 e. The van der Waals surface area contributed by atoms with Crippen LogP contribution < -0.4 is 0 Å². The van der Waals surface area contributed by atoms with E-state index in [2.05, 4.69) is 0 Å². The van der Waals surface area contributed by atoms with Crippen LogP contribution in [0, 0.1) is 5.92 Å². The number of hydrogen-bond acceptors (Lipinski definition) is 4. The zero-order valence-electron chi connectivity index (χ0n) is 12.5. The Bertz CT molecular complexity index is 459. The highest BCUT2D eigenvalue weighted by Crippen LogP contribution is 2.25. The van der Waals surface area contributed by atoms with Crippen LogP contribution in [0.5, 0.6) is 0 Å². The summed E-state index contributed by atoms with van der Waals surface area (Å²) in [6.45, 7) is 8.48. The summed E-state index contributed by atoms with van der Waals surface area (Å²) in [4.78, 5) is 36.3. The van der Waals surface area contributed by atoms with Gasteiger partial charge in [-0.25, -0.2) is 9.59 Å². The summed E-state index contributed by atoms with van der Waals surface area (Å²) in [5.41, 5.74) is -0.591. The second-order valence-corrected chi connectivity index (χ2v) is 6.14. The first-order valence-electron chi connectivity index (χ1n) is 6.50. The van der Waals surface area contributed by atoms with Gasteiger partial charge in [0.1, 0.15) is 5.60 Å². The highest BCUT2D eigenvalue weighted by atomic mass is 16.6. The average molecular weight is 283 g/mol. The molecule has 0 bridgehead atoms. The third-order valence-electron chi connectivity index (χ3n) is 2.62. The lowest BCUT2D eigenvalue weighted by molar-refractivity contribution is -0.140. The second kappa shape index (κ2) is 5.64. The number of likely N-dealkylation sites (tertiary alicyclic amines) is 1. The Kier molecular flexibility index (Phi) is 4.57. The first-order chi connectivity index (χ1) is 9.03. The predicted molar refractivity (Wildman–Crippen MR) is 72.3 cm³/mol. The van der Waals surface area contributed by atoms with Crippen molar-refractivity contribution in [3.05, 3.63) is 11.6 Å². The van der Waals surface area contributed by atoms with Crippen LogP contribution in [0.2, 0.25) is 0 Å². The van der Waals surface area contributed by atoms with Gasteiger partial charge < -0.3 is 9.84 Å². The molecule has 1 fully saturated rings. The van der Waals surface area contributed by atoms with E-state index in [1.807, 2.05) is 13.8 Å². The third kappa shape index (κ3) is 3.82. The first-order valence-corrected chi connectivity index (χ1v) is 6.50. The van der Waals surface area contributed by atoms with Gasteiger partial charge >= 0.3 is 12.1 Å². The molecule has 6 nitrogen and oxygen atoms in total. The molecular weight excluding hydrogens is 262 g/mol. The van der Waals surface area contributed by atoms with Gasteiger partial charge in [0, 0.05) is 5.57 Å². The number of ketones is 1. The monoisotopic (exact) mass is 283 g/mol. The lowest BCUT2D eigenvalue weighted by atomic mass is 10.0. The number of nitrogens with zero attached hydrogens (tertiary/aromatic N) is 1. The third-order valence-corrected chi connectivity index (χ3v) is 2.62. The molecule has 1 heterocycles.